The van der Waals surface area contributed by atoms with Crippen molar-refractivity contribution in [3.63, 3.8) is 0 Å². The molecule has 4 heterocycles. The van der Waals surface area contributed by atoms with E-state index in [9.17, 15) is 19.8 Å². The van der Waals surface area contributed by atoms with Crippen molar-refractivity contribution in [2.45, 2.75) is 38.6 Å². The van der Waals surface area contributed by atoms with Crippen molar-refractivity contribution >= 4 is 29.3 Å². The Morgan fingerprint density at radius 1 is 1.26 bits per heavy atom. The minimum absolute atomic E-state index is 0. The number of rotatable bonds is 3. The number of cyclic esters (lactones) is 1. The molecule has 2 aromatic heterocycles. The van der Waals surface area contributed by atoms with E-state index in [2.05, 4.69) is 5.32 Å². The van der Waals surface area contributed by atoms with Crippen LogP contribution in [-0.4, -0.2) is 32.8 Å². The second-order valence-electron chi connectivity index (χ2n) is 7.75. The molecule has 9 heteroatoms. The average Bonchev–Trinajstić information content (AvgIpc) is 3.10. The van der Waals surface area contributed by atoms with Crippen molar-refractivity contribution in [3.05, 3.63) is 56.9 Å². The molecule has 5 rings (SSSR count). The number of halogens is 1. The number of carbonyl (C=O) groups is 1. The molecule has 1 aromatic carbocycles. The molecule has 0 bridgehead atoms. The molecule has 0 amide bonds. The zero-order valence-corrected chi connectivity index (χ0v) is 17.9. The number of esters is 1. The highest BCUT2D eigenvalue weighted by Gasteiger charge is 2.45. The first kappa shape index (κ1) is 21.3. The number of aromatic nitrogens is 2. The van der Waals surface area contributed by atoms with E-state index in [0.717, 1.165) is 16.5 Å². The number of aromatic hydroxyl groups is 1. The van der Waals surface area contributed by atoms with Gasteiger partial charge in [-0.25, -0.2) is 9.78 Å². The first-order valence-electron chi connectivity index (χ1n) is 9.85. The molecule has 0 unspecified atom stereocenters. The molecule has 0 fully saturated rings. The van der Waals surface area contributed by atoms with Crippen LogP contribution < -0.4 is 10.9 Å². The van der Waals surface area contributed by atoms with E-state index < -0.39 is 11.6 Å². The van der Waals surface area contributed by atoms with Gasteiger partial charge in [-0.1, -0.05) is 6.92 Å². The fourth-order valence-corrected chi connectivity index (χ4v) is 4.53. The van der Waals surface area contributed by atoms with Crippen LogP contribution in [0.3, 0.4) is 0 Å². The largest absolute Gasteiger partial charge is 0.508 e. The van der Waals surface area contributed by atoms with Crippen molar-refractivity contribution in [1.29, 1.82) is 0 Å². The van der Waals surface area contributed by atoms with Gasteiger partial charge in [0.05, 0.1) is 29.0 Å². The third kappa shape index (κ3) is 2.86. The number of pyridine rings is 2. The molecule has 3 aromatic rings. The SMILES string of the molecule is CC[C@@]1(O)C(=O)OCc2c1cc1n(c2=O)Cc2c-1nc1ccc(O)cc1c2CNC.Cl. The Labute approximate surface area is 183 Å². The summed E-state index contributed by atoms with van der Waals surface area (Å²) in [6.45, 7) is 2.38. The number of aliphatic hydroxyl groups is 1. The van der Waals surface area contributed by atoms with Crippen LogP contribution in [0, 0.1) is 0 Å². The fraction of sp³-hybridized carbons (Fsp3) is 0.318. The van der Waals surface area contributed by atoms with Gasteiger partial charge in [0.25, 0.3) is 5.56 Å². The first-order chi connectivity index (χ1) is 14.4. The van der Waals surface area contributed by atoms with Crippen LogP contribution in [0.1, 0.15) is 35.6 Å². The molecule has 8 nitrogen and oxygen atoms in total. The molecule has 2 aliphatic heterocycles. The quantitative estimate of drug-likeness (QED) is 0.414. The van der Waals surface area contributed by atoms with E-state index in [4.69, 9.17) is 9.72 Å². The van der Waals surface area contributed by atoms with Gasteiger partial charge in [-0.15, -0.1) is 12.4 Å². The molecule has 0 saturated heterocycles. The standard InChI is InChI=1S/C22H21N3O5.ClH/c1-3-22(29)16-7-18-19-14(9-25(18)20(27)15(16)10-30-21(22)28)13(8-23-2)12-6-11(26)4-5-17(12)24-19;/h4-7,23,26,29H,3,8-10H2,1-2H3;1H/t22-;/m0./s1. The van der Waals surface area contributed by atoms with E-state index in [-0.39, 0.29) is 36.7 Å². The van der Waals surface area contributed by atoms with Crippen molar-refractivity contribution in [2.75, 3.05) is 7.05 Å². The van der Waals surface area contributed by atoms with Crippen molar-refractivity contribution in [1.82, 2.24) is 14.9 Å². The topological polar surface area (TPSA) is 114 Å². The van der Waals surface area contributed by atoms with Crippen LogP contribution in [0.5, 0.6) is 5.75 Å². The highest BCUT2D eigenvalue weighted by atomic mass is 35.5. The predicted octanol–water partition coefficient (Wildman–Crippen LogP) is 1.93. The number of fused-ring (bicyclic) bond motifs is 5. The fourth-order valence-electron chi connectivity index (χ4n) is 4.53. The normalized spacial score (nSPS) is 18.7. The minimum atomic E-state index is -1.85. The highest BCUT2D eigenvalue weighted by Crippen LogP contribution is 2.40. The number of hydrogen-bond donors (Lipinski definition) is 3. The predicted molar refractivity (Wildman–Crippen MR) is 116 cm³/mol. The minimum Gasteiger partial charge on any atom is -0.508 e. The lowest BCUT2D eigenvalue weighted by Gasteiger charge is -2.31. The Morgan fingerprint density at radius 2 is 2.03 bits per heavy atom. The molecule has 0 aliphatic carbocycles. The van der Waals surface area contributed by atoms with Gasteiger partial charge in [-0.3, -0.25) is 4.79 Å². The molecular formula is C22H22ClN3O5. The summed E-state index contributed by atoms with van der Waals surface area (Å²) < 4.78 is 6.73. The molecule has 2 aliphatic rings. The Balaban J connectivity index is 0.00000231. The van der Waals surface area contributed by atoms with Crippen LogP contribution in [0.4, 0.5) is 0 Å². The molecular weight excluding hydrogens is 422 g/mol. The lowest BCUT2D eigenvalue weighted by atomic mass is 9.86. The van der Waals surface area contributed by atoms with Gasteiger partial charge in [-0.05, 0) is 43.3 Å². The second kappa shape index (κ2) is 7.33. The Hall–Kier alpha value is -2.94. The van der Waals surface area contributed by atoms with Crippen LogP contribution in [-0.2, 0) is 34.8 Å². The highest BCUT2D eigenvalue weighted by molar-refractivity contribution is 5.89. The second-order valence-corrected chi connectivity index (χ2v) is 7.75. The van der Waals surface area contributed by atoms with E-state index in [1.54, 1.807) is 35.8 Å². The maximum Gasteiger partial charge on any atom is 0.343 e. The van der Waals surface area contributed by atoms with E-state index >= 15 is 0 Å². The van der Waals surface area contributed by atoms with E-state index in [0.29, 0.717) is 41.1 Å². The number of benzene rings is 1. The van der Waals surface area contributed by atoms with Crippen LogP contribution in [0.15, 0.2) is 29.1 Å². The summed E-state index contributed by atoms with van der Waals surface area (Å²) in [6.07, 6.45) is 0.101. The number of nitrogens with zero attached hydrogens (tertiary/aromatic N) is 2. The van der Waals surface area contributed by atoms with E-state index in [1.807, 2.05) is 7.05 Å². The van der Waals surface area contributed by atoms with Gasteiger partial charge in [0.1, 0.15) is 12.4 Å². The summed E-state index contributed by atoms with van der Waals surface area (Å²) in [4.78, 5) is 30.3. The summed E-state index contributed by atoms with van der Waals surface area (Å²) in [5.41, 5.74) is 2.21. The first-order valence-corrected chi connectivity index (χ1v) is 9.85. The number of phenols is 1. The van der Waals surface area contributed by atoms with Crippen molar-refractivity contribution in [2.24, 2.45) is 0 Å². The monoisotopic (exact) mass is 443 g/mol. The number of phenolic OH excluding ortho intramolecular Hbond substituents is 1. The molecule has 1 atom stereocenters. The molecule has 162 valence electrons. The summed E-state index contributed by atoms with van der Waals surface area (Å²) in [7, 11) is 1.83. The zero-order valence-electron chi connectivity index (χ0n) is 17.1. The van der Waals surface area contributed by atoms with Crippen LogP contribution in [0.25, 0.3) is 22.3 Å². The summed E-state index contributed by atoms with van der Waals surface area (Å²) in [5.74, 6) is -0.591. The van der Waals surface area contributed by atoms with Crippen molar-refractivity contribution in [3.8, 4) is 17.1 Å². The summed E-state index contributed by atoms with van der Waals surface area (Å²) >= 11 is 0. The molecule has 3 N–H and O–H groups in total. The number of ether oxygens (including phenoxy) is 1. The summed E-state index contributed by atoms with van der Waals surface area (Å²) in [6, 6.07) is 6.69. The average molecular weight is 444 g/mol. The van der Waals surface area contributed by atoms with E-state index in [1.165, 1.54) is 0 Å². The number of hydrogen-bond acceptors (Lipinski definition) is 7. The lowest BCUT2D eigenvalue weighted by molar-refractivity contribution is -0.172. The van der Waals surface area contributed by atoms with Crippen molar-refractivity contribution < 1.29 is 19.7 Å². The molecule has 0 spiro atoms. The zero-order chi connectivity index (χ0) is 21.2. The van der Waals surface area contributed by atoms with Gasteiger partial charge >= 0.3 is 5.97 Å². The van der Waals surface area contributed by atoms with Gasteiger partial charge < -0.3 is 24.8 Å². The summed E-state index contributed by atoms with van der Waals surface area (Å²) in [5, 5.41) is 24.9. The maximum absolute atomic E-state index is 13.3. The van der Waals surface area contributed by atoms with Gasteiger partial charge in [0, 0.05) is 23.1 Å². The number of nitrogens with one attached hydrogen (secondary N) is 1. The smallest absolute Gasteiger partial charge is 0.343 e. The van der Waals surface area contributed by atoms with Gasteiger partial charge in [0.2, 0.25) is 0 Å². The number of carbonyl (C=O) groups excluding carboxylic acids is 1. The Bertz CT molecular complexity index is 1300. The third-order valence-corrected chi connectivity index (χ3v) is 6.14. The van der Waals surface area contributed by atoms with Gasteiger partial charge in [0.15, 0.2) is 5.60 Å². The maximum atomic E-state index is 13.3. The molecule has 0 radical (unpaired) electrons. The third-order valence-electron chi connectivity index (χ3n) is 6.14. The Morgan fingerprint density at radius 3 is 2.74 bits per heavy atom. The van der Waals surface area contributed by atoms with Gasteiger partial charge in [-0.2, -0.15) is 0 Å². The lowest BCUT2D eigenvalue weighted by Crippen LogP contribution is -2.44. The van der Waals surface area contributed by atoms with Crippen LogP contribution >= 0.6 is 12.4 Å². The molecule has 31 heavy (non-hydrogen) atoms. The van der Waals surface area contributed by atoms with Crippen LogP contribution in [0.2, 0.25) is 0 Å². The Kier molecular flexibility index (Phi) is 5.04. The molecule has 0 saturated carbocycles.